The van der Waals surface area contributed by atoms with Crippen LogP contribution in [0.1, 0.15) is 34.1 Å². The van der Waals surface area contributed by atoms with E-state index in [0.29, 0.717) is 22.9 Å². The minimum absolute atomic E-state index is 0.0711. The molecule has 0 atom stereocenters. The molecule has 0 aliphatic carbocycles. The van der Waals surface area contributed by atoms with Crippen LogP contribution >= 0.6 is 15.9 Å². The molecule has 1 rings (SSSR count). The van der Waals surface area contributed by atoms with Crippen molar-refractivity contribution in [3.05, 3.63) is 21.0 Å². The normalized spacial score (nSPS) is 11.3. The first-order valence-corrected chi connectivity index (χ1v) is 7.20. The molecule has 0 spiro atoms. The summed E-state index contributed by atoms with van der Waals surface area (Å²) in [4.78, 5) is 12.0. The predicted octanol–water partition coefficient (Wildman–Crippen LogP) is 3.12. The van der Waals surface area contributed by atoms with Crippen LogP contribution in [0.25, 0.3) is 0 Å². The average Bonchev–Trinajstić information content (AvgIpc) is 2.27. The van der Waals surface area contributed by atoms with Gasteiger partial charge in [-0.2, -0.15) is 5.10 Å². The smallest absolute Gasteiger partial charge is 0.283 e. The van der Waals surface area contributed by atoms with Gasteiger partial charge in [-0.25, -0.2) is 4.68 Å². The van der Waals surface area contributed by atoms with E-state index in [1.165, 1.54) is 4.68 Å². The first kappa shape index (κ1) is 15.2. The Morgan fingerprint density at radius 3 is 2.56 bits per heavy atom. The van der Waals surface area contributed by atoms with Crippen molar-refractivity contribution in [2.75, 3.05) is 11.9 Å². The highest BCUT2D eigenvalue weighted by molar-refractivity contribution is 9.10. The van der Waals surface area contributed by atoms with Gasteiger partial charge >= 0.3 is 0 Å². The van der Waals surface area contributed by atoms with Gasteiger partial charge in [-0.05, 0) is 34.2 Å². The summed E-state index contributed by atoms with van der Waals surface area (Å²) in [5.74, 6) is 1.05. The third-order valence-corrected chi connectivity index (χ3v) is 3.33. The van der Waals surface area contributed by atoms with Crippen LogP contribution in [0.2, 0.25) is 0 Å². The SMILES string of the molecule is CC(C)CCNc1cnn(CC(C)C)c(=O)c1Br. The van der Waals surface area contributed by atoms with E-state index >= 15 is 0 Å². The Balaban J connectivity index is 2.78. The van der Waals surface area contributed by atoms with E-state index in [-0.39, 0.29) is 5.56 Å². The quantitative estimate of drug-likeness (QED) is 0.877. The topological polar surface area (TPSA) is 46.9 Å². The number of aromatic nitrogens is 2. The van der Waals surface area contributed by atoms with E-state index in [2.05, 4.69) is 54.0 Å². The molecule has 0 aliphatic heterocycles. The van der Waals surface area contributed by atoms with Gasteiger partial charge in [0.1, 0.15) is 4.47 Å². The highest BCUT2D eigenvalue weighted by Crippen LogP contribution is 2.16. The van der Waals surface area contributed by atoms with Crippen molar-refractivity contribution in [1.82, 2.24) is 9.78 Å². The third kappa shape index (κ3) is 4.44. The lowest BCUT2D eigenvalue weighted by Crippen LogP contribution is -2.26. The van der Waals surface area contributed by atoms with Crippen molar-refractivity contribution in [2.24, 2.45) is 11.8 Å². The largest absolute Gasteiger partial charge is 0.383 e. The molecule has 1 N–H and O–H groups in total. The zero-order valence-corrected chi connectivity index (χ0v) is 13.1. The first-order chi connectivity index (χ1) is 8.41. The first-order valence-electron chi connectivity index (χ1n) is 6.41. The summed E-state index contributed by atoms with van der Waals surface area (Å²) in [5.41, 5.74) is 0.707. The molecule has 0 saturated heterocycles. The molecule has 0 radical (unpaired) electrons. The lowest BCUT2D eigenvalue weighted by molar-refractivity contribution is 0.462. The van der Waals surface area contributed by atoms with Crippen molar-refractivity contribution in [3.63, 3.8) is 0 Å². The van der Waals surface area contributed by atoms with Gasteiger partial charge in [-0.1, -0.05) is 27.7 Å². The van der Waals surface area contributed by atoms with Gasteiger partial charge in [0.05, 0.1) is 11.9 Å². The van der Waals surface area contributed by atoms with Gasteiger partial charge in [0.15, 0.2) is 0 Å². The maximum absolute atomic E-state index is 12.0. The zero-order valence-electron chi connectivity index (χ0n) is 11.5. The fourth-order valence-electron chi connectivity index (χ4n) is 1.56. The maximum atomic E-state index is 12.0. The van der Waals surface area contributed by atoms with Gasteiger partial charge in [0.2, 0.25) is 0 Å². The lowest BCUT2D eigenvalue weighted by atomic mass is 10.1. The van der Waals surface area contributed by atoms with E-state index in [0.717, 1.165) is 18.7 Å². The predicted molar refractivity (Wildman–Crippen MR) is 79.0 cm³/mol. The van der Waals surface area contributed by atoms with Crippen LogP contribution in [-0.4, -0.2) is 16.3 Å². The van der Waals surface area contributed by atoms with Crippen LogP contribution in [0, 0.1) is 11.8 Å². The Morgan fingerprint density at radius 1 is 1.33 bits per heavy atom. The van der Waals surface area contributed by atoms with Crippen molar-refractivity contribution in [1.29, 1.82) is 0 Å². The van der Waals surface area contributed by atoms with Crippen molar-refractivity contribution in [3.8, 4) is 0 Å². The highest BCUT2D eigenvalue weighted by Gasteiger charge is 2.09. The van der Waals surface area contributed by atoms with Crippen molar-refractivity contribution in [2.45, 2.75) is 40.7 Å². The van der Waals surface area contributed by atoms with Gasteiger partial charge < -0.3 is 5.32 Å². The number of hydrogen-bond acceptors (Lipinski definition) is 3. The van der Waals surface area contributed by atoms with Gasteiger partial charge in [0.25, 0.3) is 5.56 Å². The van der Waals surface area contributed by atoms with E-state index < -0.39 is 0 Å². The second-order valence-corrected chi connectivity index (χ2v) is 6.16. The number of nitrogens with one attached hydrogen (secondary N) is 1. The molecule has 1 aromatic rings. The second kappa shape index (κ2) is 6.92. The lowest BCUT2D eigenvalue weighted by Gasteiger charge is -2.12. The Morgan fingerprint density at radius 2 is 2.00 bits per heavy atom. The minimum Gasteiger partial charge on any atom is -0.383 e. The minimum atomic E-state index is -0.0711. The summed E-state index contributed by atoms with van der Waals surface area (Å²) in [6.07, 6.45) is 2.79. The molecule has 0 fully saturated rings. The molecule has 5 heteroatoms. The molecule has 1 heterocycles. The Bertz CT molecular complexity index is 440. The fraction of sp³-hybridized carbons (Fsp3) is 0.692. The molecule has 0 aromatic carbocycles. The van der Waals surface area contributed by atoms with Gasteiger partial charge in [0, 0.05) is 13.1 Å². The van der Waals surface area contributed by atoms with Crippen LogP contribution in [-0.2, 0) is 6.54 Å². The molecule has 18 heavy (non-hydrogen) atoms. The molecule has 102 valence electrons. The van der Waals surface area contributed by atoms with E-state index in [1.54, 1.807) is 6.20 Å². The molecule has 0 amide bonds. The van der Waals surface area contributed by atoms with Crippen LogP contribution < -0.4 is 10.9 Å². The number of halogens is 1. The van der Waals surface area contributed by atoms with Crippen LogP contribution in [0.15, 0.2) is 15.5 Å². The number of anilines is 1. The van der Waals surface area contributed by atoms with E-state index in [1.807, 2.05) is 0 Å². The van der Waals surface area contributed by atoms with Gasteiger partial charge in [-0.3, -0.25) is 4.79 Å². The summed E-state index contributed by atoms with van der Waals surface area (Å²) < 4.78 is 2.07. The number of rotatable bonds is 6. The maximum Gasteiger partial charge on any atom is 0.283 e. The Labute approximate surface area is 117 Å². The second-order valence-electron chi connectivity index (χ2n) is 5.36. The van der Waals surface area contributed by atoms with Crippen LogP contribution in [0.5, 0.6) is 0 Å². The van der Waals surface area contributed by atoms with Crippen LogP contribution in [0.4, 0.5) is 5.69 Å². The molecule has 0 unspecified atom stereocenters. The molecular weight excluding hydrogens is 294 g/mol. The molecule has 0 bridgehead atoms. The van der Waals surface area contributed by atoms with E-state index in [4.69, 9.17) is 0 Å². The summed E-state index contributed by atoms with van der Waals surface area (Å²) in [6.45, 7) is 9.98. The standard InChI is InChI=1S/C13H22BrN3O/c1-9(2)5-6-15-11-7-16-17(8-10(3)4)13(18)12(11)14/h7,9-10,15H,5-6,8H2,1-4H3. The number of nitrogens with zero attached hydrogens (tertiary/aromatic N) is 2. The zero-order chi connectivity index (χ0) is 13.7. The van der Waals surface area contributed by atoms with Crippen molar-refractivity contribution < 1.29 is 0 Å². The summed E-state index contributed by atoms with van der Waals surface area (Å²) in [6, 6.07) is 0. The van der Waals surface area contributed by atoms with Crippen molar-refractivity contribution >= 4 is 21.6 Å². The molecule has 0 aliphatic rings. The molecular formula is C13H22BrN3O. The van der Waals surface area contributed by atoms with Crippen LogP contribution in [0.3, 0.4) is 0 Å². The fourth-order valence-corrected chi connectivity index (χ4v) is 2.01. The highest BCUT2D eigenvalue weighted by atomic mass is 79.9. The van der Waals surface area contributed by atoms with E-state index in [9.17, 15) is 4.79 Å². The molecule has 0 saturated carbocycles. The molecule has 1 aromatic heterocycles. The summed E-state index contributed by atoms with van der Waals surface area (Å²) in [5, 5.41) is 7.43. The third-order valence-electron chi connectivity index (χ3n) is 2.56. The Hall–Kier alpha value is -0.840. The average molecular weight is 316 g/mol. The molecule has 4 nitrogen and oxygen atoms in total. The summed E-state index contributed by atoms with van der Waals surface area (Å²) in [7, 11) is 0. The van der Waals surface area contributed by atoms with Gasteiger partial charge in [-0.15, -0.1) is 0 Å². The Kier molecular flexibility index (Phi) is 5.85. The monoisotopic (exact) mass is 315 g/mol. The summed E-state index contributed by atoms with van der Waals surface area (Å²) >= 11 is 3.35. The number of hydrogen-bond donors (Lipinski definition) is 1.